The lowest BCUT2D eigenvalue weighted by Crippen LogP contribution is -2.59. The fourth-order valence-electron chi connectivity index (χ4n) is 6.09. The van der Waals surface area contributed by atoms with Gasteiger partial charge in [0.25, 0.3) is 5.91 Å². The Bertz CT molecular complexity index is 1050. The summed E-state index contributed by atoms with van der Waals surface area (Å²) in [7, 11) is 0. The highest BCUT2D eigenvalue weighted by Crippen LogP contribution is 2.29. The summed E-state index contributed by atoms with van der Waals surface area (Å²) in [5.74, 6) is -0.396. The van der Waals surface area contributed by atoms with E-state index >= 15 is 0 Å². The van der Waals surface area contributed by atoms with Crippen LogP contribution in [0.5, 0.6) is 0 Å². The summed E-state index contributed by atoms with van der Waals surface area (Å²) in [6.07, 6.45) is 7.11. The molecule has 2 unspecified atom stereocenters. The number of nitrogens with zero attached hydrogens (tertiary/aromatic N) is 2. The largest absolute Gasteiger partial charge is 0.377 e. The Morgan fingerprint density at radius 3 is 2.58 bits per heavy atom. The molecule has 2 aliphatic heterocycles. The number of thiophene rings is 1. The molecule has 0 radical (unpaired) electrons. The van der Waals surface area contributed by atoms with Crippen LogP contribution < -0.4 is 11.1 Å². The molecule has 3 fully saturated rings. The average Bonchev–Trinajstić information content (AvgIpc) is 3.65. The highest BCUT2D eigenvalue weighted by Gasteiger charge is 2.40. The van der Waals surface area contributed by atoms with Gasteiger partial charge >= 0.3 is 0 Å². The summed E-state index contributed by atoms with van der Waals surface area (Å²) < 4.78 is 19.5. The summed E-state index contributed by atoms with van der Waals surface area (Å²) in [6, 6.07) is 10.2. The first-order chi connectivity index (χ1) is 18.5. The van der Waals surface area contributed by atoms with Gasteiger partial charge in [0.15, 0.2) is 0 Å². The third-order valence-electron chi connectivity index (χ3n) is 8.27. The van der Waals surface area contributed by atoms with Crippen molar-refractivity contribution in [2.45, 2.75) is 88.2 Å². The number of carbonyl (C=O) groups excluding carboxylic acids is 2. The molecular weight excluding hydrogens is 503 g/mol. The standard InChI is InChI=1S/C29H39FN4O3S/c30-21-7-5-20(6-8-21)18-33(19-25-3-1-15-37-25)24-13-14-34(29(36)27-4-2-16-38-27)26(17-24)28(35)32-23-11-9-22(31)10-12-23/h2,4-8,16,22-26H,1,3,9-15,17-19,31H2,(H,32,35)/t22?,23?,24?,25?,26-/m1/s1. The van der Waals surface area contributed by atoms with Crippen molar-refractivity contribution in [2.75, 3.05) is 19.7 Å². The van der Waals surface area contributed by atoms with Crippen LogP contribution >= 0.6 is 11.3 Å². The predicted molar refractivity (Wildman–Crippen MR) is 146 cm³/mol. The van der Waals surface area contributed by atoms with E-state index in [1.807, 2.05) is 29.6 Å². The normalized spacial score (nSPS) is 28.0. The van der Waals surface area contributed by atoms with Crippen LogP contribution in [-0.2, 0) is 16.1 Å². The van der Waals surface area contributed by atoms with E-state index in [9.17, 15) is 14.0 Å². The molecule has 1 aromatic heterocycles. The number of benzene rings is 1. The number of piperidine rings is 1. The molecule has 7 nitrogen and oxygen atoms in total. The smallest absolute Gasteiger partial charge is 0.264 e. The lowest BCUT2D eigenvalue weighted by Gasteiger charge is -2.44. The van der Waals surface area contributed by atoms with Crippen molar-refractivity contribution in [3.63, 3.8) is 0 Å². The Hall–Kier alpha value is -2.33. The molecule has 0 spiro atoms. The van der Waals surface area contributed by atoms with Gasteiger partial charge in [-0.3, -0.25) is 14.5 Å². The first-order valence-electron chi connectivity index (χ1n) is 14.0. The Labute approximate surface area is 228 Å². The lowest BCUT2D eigenvalue weighted by molar-refractivity contribution is -0.128. The van der Waals surface area contributed by atoms with Crippen LogP contribution in [0.2, 0.25) is 0 Å². The zero-order chi connectivity index (χ0) is 26.5. The van der Waals surface area contributed by atoms with Crippen molar-refractivity contribution in [1.29, 1.82) is 0 Å². The molecule has 3 aliphatic rings. The molecular formula is C29H39FN4O3S. The van der Waals surface area contributed by atoms with Crippen LogP contribution in [0.1, 0.15) is 66.6 Å². The summed E-state index contributed by atoms with van der Waals surface area (Å²) >= 11 is 1.41. The number of nitrogens with two attached hydrogens (primary N) is 1. The van der Waals surface area contributed by atoms with E-state index in [1.165, 1.54) is 23.5 Å². The fraction of sp³-hybridized carbons (Fsp3) is 0.586. The molecule has 0 bridgehead atoms. The second-order valence-electron chi connectivity index (χ2n) is 11.0. The molecule has 2 amide bonds. The van der Waals surface area contributed by atoms with Crippen molar-refractivity contribution >= 4 is 23.2 Å². The van der Waals surface area contributed by atoms with Crippen LogP contribution in [0.15, 0.2) is 41.8 Å². The number of ether oxygens (including phenoxy) is 1. The molecule has 1 aromatic carbocycles. The van der Waals surface area contributed by atoms with Gasteiger partial charge in [-0.05, 0) is 80.5 Å². The van der Waals surface area contributed by atoms with Crippen LogP contribution in [0, 0.1) is 5.82 Å². The molecule has 3 atom stereocenters. The van der Waals surface area contributed by atoms with Gasteiger partial charge < -0.3 is 20.7 Å². The number of amides is 2. The molecule has 3 N–H and O–H groups in total. The molecule has 3 heterocycles. The second kappa shape index (κ2) is 12.7. The number of likely N-dealkylation sites (tertiary alicyclic amines) is 1. The first-order valence-corrected chi connectivity index (χ1v) is 14.8. The van der Waals surface area contributed by atoms with E-state index in [-0.39, 0.29) is 41.9 Å². The molecule has 1 aliphatic carbocycles. The van der Waals surface area contributed by atoms with Gasteiger partial charge in [-0.1, -0.05) is 18.2 Å². The van der Waals surface area contributed by atoms with Crippen LogP contribution in [0.4, 0.5) is 4.39 Å². The SMILES string of the molecule is NC1CCC(NC(=O)[C@H]2CC(N(Cc3ccc(F)cc3)CC3CCCO3)CCN2C(=O)c2cccs2)CC1. The molecule has 9 heteroatoms. The van der Waals surface area contributed by atoms with Crippen molar-refractivity contribution < 1.29 is 18.7 Å². The van der Waals surface area contributed by atoms with Gasteiger partial charge in [0, 0.05) is 44.4 Å². The number of hydrogen-bond donors (Lipinski definition) is 2. The van der Waals surface area contributed by atoms with Crippen molar-refractivity contribution in [3.8, 4) is 0 Å². The molecule has 1 saturated carbocycles. The predicted octanol–water partition coefficient (Wildman–Crippen LogP) is 3.93. The Morgan fingerprint density at radius 1 is 1.11 bits per heavy atom. The third-order valence-corrected chi connectivity index (χ3v) is 9.12. The van der Waals surface area contributed by atoms with Gasteiger partial charge in [-0.15, -0.1) is 11.3 Å². The zero-order valence-corrected chi connectivity index (χ0v) is 22.7. The second-order valence-corrected chi connectivity index (χ2v) is 11.9. The van der Waals surface area contributed by atoms with Gasteiger partial charge in [0.2, 0.25) is 5.91 Å². The maximum Gasteiger partial charge on any atom is 0.264 e. The Morgan fingerprint density at radius 2 is 1.89 bits per heavy atom. The van der Waals surface area contributed by atoms with Crippen molar-refractivity contribution in [3.05, 3.63) is 58.0 Å². The minimum absolute atomic E-state index is 0.0704. The fourth-order valence-corrected chi connectivity index (χ4v) is 6.77. The van der Waals surface area contributed by atoms with Gasteiger partial charge in [0.05, 0.1) is 11.0 Å². The topological polar surface area (TPSA) is 87.9 Å². The molecule has 5 rings (SSSR count). The molecule has 38 heavy (non-hydrogen) atoms. The first kappa shape index (κ1) is 27.2. The monoisotopic (exact) mass is 542 g/mol. The van der Waals surface area contributed by atoms with Crippen LogP contribution in [-0.4, -0.2) is 71.6 Å². The van der Waals surface area contributed by atoms with E-state index in [4.69, 9.17) is 10.5 Å². The number of hydrogen-bond acceptors (Lipinski definition) is 6. The number of nitrogens with one attached hydrogen (secondary N) is 1. The van der Waals surface area contributed by atoms with E-state index in [0.717, 1.165) is 63.7 Å². The lowest BCUT2D eigenvalue weighted by atomic mass is 9.90. The van der Waals surface area contributed by atoms with Crippen LogP contribution in [0.3, 0.4) is 0 Å². The van der Waals surface area contributed by atoms with Crippen molar-refractivity contribution in [1.82, 2.24) is 15.1 Å². The average molecular weight is 543 g/mol. The quantitative estimate of drug-likeness (QED) is 0.528. The third kappa shape index (κ3) is 6.81. The molecule has 206 valence electrons. The maximum atomic E-state index is 13.7. The summed E-state index contributed by atoms with van der Waals surface area (Å²) in [5, 5.41) is 5.15. The summed E-state index contributed by atoms with van der Waals surface area (Å²) in [6.45, 7) is 2.70. The zero-order valence-electron chi connectivity index (χ0n) is 21.9. The number of rotatable bonds is 8. The number of carbonyl (C=O) groups is 2. The Kier molecular flexibility index (Phi) is 9.09. The van der Waals surface area contributed by atoms with Gasteiger partial charge in [-0.25, -0.2) is 4.39 Å². The van der Waals surface area contributed by atoms with Gasteiger partial charge in [-0.2, -0.15) is 0 Å². The van der Waals surface area contributed by atoms with E-state index in [0.29, 0.717) is 24.4 Å². The van der Waals surface area contributed by atoms with E-state index in [2.05, 4.69) is 10.2 Å². The number of halogens is 1. The van der Waals surface area contributed by atoms with Crippen molar-refractivity contribution in [2.24, 2.45) is 5.73 Å². The highest BCUT2D eigenvalue weighted by atomic mass is 32.1. The molecule has 2 aromatic rings. The molecule has 2 saturated heterocycles. The highest BCUT2D eigenvalue weighted by molar-refractivity contribution is 7.12. The maximum absolute atomic E-state index is 13.7. The van der Waals surface area contributed by atoms with E-state index < -0.39 is 6.04 Å². The van der Waals surface area contributed by atoms with E-state index in [1.54, 1.807) is 4.90 Å². The Balaban J connectivity index is 1.34. The van der Waals surface area contributed by atoms with Gasteiger partial charge in [0.1, 0.15) is 11.9 Å². The summed E-state index contributed by atoms with van der Waals surface area (Å²) in [5.41, 5.74) is 7.10. The minimum atomic E-state index is -0.542. The summed E-state index contributed by atoms with van der Waals surface area (Å²) in [4.78, 5) is 32.0. The minimum Gasteiger partial charge on any atom is -0.377 e. The van der Waals surface area contributed by atoms with Crippen LogP contribution in [0.25, 0.3) is 0 Å².